The zero-order chi connectivity index (χ0) is 12.5. The maximum Gasteiger partial charge on any atom is 0.115 e. The Labute approximate surface area is 111 Å². The summed E-state index contributed by atoms with van der Waals surface area (Å²) in [4.78, 5) is 5.20. The lowest BCUT2D eigenvalue weighted by Crippen LogP contribution is -2.13. The molecule has 1 heterocycles. The molecule has 0 saturated heterocycles. The number of hydrogen-bond donors (Lipinski definition) is 1. The molecule has 1 aromatic heterocycles. The first-order valence-electron chi connectivity index (χ1n) is 6.44. The van der Waals surface area contributed by atoms with E-state index in [-0.39, 0.29) is 0 Å². The van der Waals surface area contributed by atoms with Crippen molar-refractivity contribution < 1.29 is 5.11 Å². The van der Waals surface area contributed by atoms with E-state index in [1.54, 1.807) is 5.51 Å². The summed E-state index contributed by atoms with van der Waals surface area (Å²) in [7, 11) is 0. The molecular formula is C15H17NOS. The van der Waals surface area contributed by atoms with Gasteiger partial charge in [-0.25, -0.2) is 4.98 Å². The Bertz CT molecular complexity index is 545. The van der Waals surface area contributed by atoms with Gasteiger partial charge in [-0.3, -0.25) is 0 Å². The summed E-state index contributed by atoms with van der Waals surface area (Å²) in [6, 6.07) is 8.30. The summed E-state index contributed by atoms with van der Waals surface area (Å²) in [5, 5.41) is 10.6. The van der Waals surface area contributed by atoms with Crippen molar-refractivity contribution in [2.75, 3.05) is 0 Å². The van der Waals surface area contributed by atoms with Crippen molar-refractivity contribution in [1.29, 1.82) is 0 Å². The second kappa shape index (κ2) is 4.82. The van der Waals surface area contributed by atoms with Gasteiger partial charge in [0.25, 0.3) is 0 Å². The van der Waals surface area contributed by atoms with E-state index in [2.05, 4.69) is 23.2 Å². The lowest BCUT2D eigenvalue weighted by atomic mass is 9.77. The molecular weight excluding hydrogens is 242 g/mol. The van der Waals surface area contributed by atoms with Crippen LogP contribution in [0.3, 0.4) is 0 Å². The van der Waals surface area contributed by atoms with Crippen LogP contribution >= 0.6 is 11.3 Å². The average molecular weight is 259 g/mol. The molecule has 0 bridgehead atoms. The van der Waals surface area contributed by atoms with Crippen LogP contribution < -0.4 is 0 Å². The quantitative estimate of drug-likeness (QED) is 0.909. The van der Waals surface area contributed by atoms with Crippen LogP contribution in [-0.4, -0.2) is 10.1 Å². The van der Waals surface area contributed by atoms with Crippen LogP contribution in [0.25, 0.3) is 0 Å². The fraction of sp³-hybridized carbons (Fsp3) is 0.400. The highest BCUT2D eigenvalue weighted by atomic mass is 32.1. The minimum absolute atomic E-state index is 0.519. The zero-order valence-corrected chi connectivity index (χ0v) is 11.3. The summed E-state index contributed by atoms with van der Waals surface area (Å²) in [6.45, 7) is 1.96. The van der Waals surface area contributed by atoms with E-state index in [1.165, 1.54) is 36.2 Å². The van der Waals surface area contributed by atoms with Crippen molar-refractivity contribution in [3.8, 4) is 0 Å². The molecule has 1 N–H and O–H groups in total. The Hall–Kier alpha value is -1.19. The van der Waals surface area contributed by atoms with Crippen LogP contribution in [0.5, 0.6) is 0 Å². The standard InChI is InChI=1S/C15H17NOS/c1-10-15(18-9-16-10)14(17)13-8-3-2-7-12(13)11-5-4-6-11/h2-3,7-9,11,14,17H,4-6H2,1H3. The Morgan fingerprint density at radius 3 is 2.72 bits per heavy atom. The van der Waals surface area contributed by atoms with Gasteiger partial charge in [-0.15, -0.1) is 11.3 Å². The van der Waals surface area contributed by atoms with Crippen LogP contribution in [0.15, 0.2) is 29.8 Å². The third-order valence-electron chi connectivity index (χ3n) is 3.87. The van der Waals surface area contributed by atoms with E-state index >= 15 is 0 Å². The molecule has 1 atom stereocenters. The summed E-state index contributed by atoms with van der Waals surface area (Å²) in [6.07, 6.45) is 3.31. The summed E-state index contributed by atoms with van der Waals surface area (Å²) < 4.78 is 0. The number of aliphatic hydroxyl groups is 1. The smallest absolute Gasteiger partial charge is 0.115 e. The molecule has 18 heavy (non-hydrogen) atoms. The molecule has 94 valence electrons. The highest BCUT2D eigenvalue weighted by Gasteiger charge is 2.25. The normalized spacial score (nSPS) is 17.4. The van der Waals surface area contributed by atoms with Gasteiger partial charge in [0.2, 0.25) is 0 Å². The first-order chi connectivity index (χ1) is 8.77. The second-order valence-corrected chi connectivity index (χ2v) is 5.85. The Balaban J connectivity index is 1.98. The van der Waals surface area contributed by atoms with E-state index < -0.39 is 6.10 Å². The van der Waals surface area contributed by atoms with Crippen molar-refractivity contribution in [1.82, 2.24) is 4.98 Å². The van der Waals surface area contributed by atoms with Gasteiger partial charge in [0.05, 0.1) is 16.1 Å². The van der Waals surface area contributed by atoms with Crippen LogP contribution in [-0.2, 0) is 0 Å². The second-order valence-electron chi connectivity index (χ2n) is 4.96. The SMILES string of the molecule is Cc1ncsc1C(O)c1ccccc1C1CCC1. The molecule has 0 aliphatic heterocycles. The molecule has 3 rings (SSSR count). The minimum atomic E-state index is -0.519. The molecule has 0 amide bonds. The number of aromatic nitrogens is 1. The highest BCUT2D eigenvalue weighted by molar-refractivity contribution is 7.09. The molecule has 1 aliphatic rings. The predicted octanol–water partition coefficient (Wildman–Crippen LogP) is 3.80. The molecule has 1 fully saturated rings. The largest absolute Gasteiger partial charge is 0.383 e. The summed E-state index contributed by atoms with van der Waals surface area (Å²) >= 11 is 1.54. The fourth-order valence-electron chi connectivity index (χ4n) is 2.57. The van der Waals surface area contributed by atoms with Crippen LogP contribution in [0.1, 0.15) is 53.0 Å². The monoisotopic (exact) mass is 259 g/mol. The number of thiazole rings is 1. The lowest BCUT2D eigenvalue weighted by molar-refractivity contribution is 0.220. The number of hydrogen-bond acceptors (Lipinski definition) is 3. The van der Waals surface area contributed by atoms with Gasteiger partial charge in [-0.2, -0.15) is 0 Å². The summed E-state index contributed by atoms with van der Waals surface area (Å²) in [5.41, 5.74) is 5.13. The topological polar surface area (TPSA) is 33.1 Å². The molecule has 1 aliphatic carbocycles. The van der Waals surface area contributed by atoms with E-state index in [1.807, 2.05) is 13.0 Å². The van der Waals surface area contributed by atoms with Gasteiger partial charge in [0.1, 0.15) is 6.10 Å². The molecule has 1 aromatic carbocycles. The van der Waals surface area contributed by atoms with Crippen molar-refractivity contribution in [2.24, 2.45) is 0 Å². The molecule has 2 aromatic rings. The van der Waals surface area contributed by atoms with Crippen LogP contribution in [0, 0.1) is 6.92 Å². The Morgan fingerprint density at radius 2 is 2.11 bits per heavy atom. The van der Waals surface area contributed by atoms with Gasteiger partial charge in [-0.1, -0.05) is 30.7 Å². The lowest BCUT2D eigenvalue weighted by Gasteiger charge is -2.29. The number of rotatable bonds is 3. The zero-order valence-electron chi connectivity index (χ0n) is 10.5. The van der Waals surface area contributed by atoms with Crippen molar-refractivity contribution in [2.45, 2.75) is 38.2 Å². The Morgan fingerprint density at radius 1 is 1.33 bits per heavy atom. The molecule has 0 spiro atoms. The summed E-state index contributed by atoms with van der Waals surface area (Å²) in [5.74, 6) is 0.643. The molecule has 2 nitrogen and oxygen atoms in total. The van der Waals surface area contributed by atoms with Crippen molar-refractivity contribution in [3.05, 3.63) is 51.5 Å². The first kappa shape index (κ1) is 11.9. The van der Waals surface area contributed by atoms with E-state index in [0.29, 0.717) is 5.92 Å². The van der Waals surface area contributed by atoms with E-state index in [9.17, 15) is 5.11 Å². The number of aliphatic hydroxyl groups excluding tert-OH is 1. The van der Waals surface area contributed by atoms with Crippen molar-refractivity contribution >= 4 is 11.3 Å². The molecule has 1 unspecified atom stereocenters. The average Bonchev–Trinajstić information content (AvgIpc) is 2.73. The van der Waals surface area contributed by atoms with Gasteiger partial charge >= 0.3 is 0 Å². The maximum absolute atomic E-state index is 10.6. The van der Waals surface area contributed by atoms with Gasteiger partial charge in [0, 0.05) is 0 Å². The van der Waals surface area contributed by atoms with Gasteiger partial charge < -0.3 is 5.11 Å². The van der Waals surface area contributed by atoms with Crippen LogP contribution in [0.4, 0.5) is 0 Å². The number of aryl methyl sites for hydroxylation is 1. The third kappa shape index (κ3) is 1.98. The third-order valence-corrected chi connectivity index (χ3v) is 4.85. The fourth-order valence-corrected chi connectivity index (χ4v) is 3.37. The van der Waals surface area contributed by atoms with E-state index in [0.717, 1.165) is 16.1 Å². The van der Waals surface area contributed by atoms with Gasteiger partial charge in [0.15, 0.2) is 0 Å². The number of nitrogens with zero attached hydrogens (tertiary/aromatic N) is 1. The maximum atomic E-state index is 10.6. The molecule has 3 heteroatoms. The van der Waals surface area contributed by atoms with Gasteiger partial charge in [-0.05, 0) is 36.8 Å². The highest BCUT2D eigenvalue weighted by Crippen LogP contribution is 2.41. The number of benzene rings is 1. The van der Waals surface area contributed by atoms with Crippen LogP contribution in [0.2, 0.25) is 0 Å². The first-order valence-corrected chi connectivity index (χ1v) is 7.32. The minimum Gasteiger partial charge on any atom is -0.383 e. The predicted molar refractivity (Wildman–Crippen MR) is 73.9 cm³/mol. The Kier molecular flexibility index (Phi) is 3.18. The van der Waals surface area contributed by atoms with E-state index in [4.69, 9.17) is 0 Å². The van der Waals surface area contributed by atoms with Crippen molar-refractivity contribution in [3.63, 3.8) is 0 Å². The molecule has 1 saturated carbocycles. The molecule has 0 radical (unpaired) electrons.